The Morgan fingerprint density at radius 3 is 2.36 bits per heavy atom. The average Bonchev–Trinajstić information content (AvgIpc) is 2.83. The normalized spacial score (nSPS) is 15.5. The number of likely N-dealkylation sites (tertiary alicyclic amines) is 1. The lowest BCUT2D eigenvalue weighted by molar-refractivity contribution is 0.0701. The number of piperidine rings is 1. The molecule has 1 aliphatic heterocycles. The minimum atomic E-state index is 0. The van der Waals surface area contributed by atoms with E-state index in [1.165, 1.54) is 0 Å². The number of aromatic amines is 1. The fourth-order valence-corrected chi connectivity index (χ4v) is 3.22. The molecule has 0 atom stereocenters. The van der Waals surface area contributed by atoms with Gasteiger partial charge in [0.25, 0.3) is 5.91 Å². The molecular weight excluding hydrogens is 302 g/mol. The highest BCUT2D eigenvalue weighted by molar-refractivity contribution is 6.02. The second kappa shape index (κ2) is 7.79. The summed E-state index contributed by atoms with van der Waals surface area (Å²) < 4.78 is 0. The predicted octanol–water partition coefficient (Wildman–Crippen LogP) is 2.33. The molecule has 0 aromatic carbocycles. The molecule has 6 heteroatoms. The number of carbonyl (C=O) groups is 2. The largest absolute Gasteiger partial charge is 0.354 e. The first-order chi connectivity index (χ1) is 9.99. The zero-order chi connectivity index (χ0) is 15.6. The lowest BCUT2D eigenvalue weighted by atomic mass is 10.0. The van der Waals surface area contributed by atoms with E-state index < -0.39 is 0 Å². The molecule has 1 aromatic heterocycles. The van der Waals surface area contributed by atoms with Crippen LogP contribution in [0, 0.1) is 6.92 Å². The Labute approximate surface area is 138 Å². The number of nitrogens with one attached hydrogen (secondary N) is 2. The molecule has 1 aromatic rings. The quantitative estimate of drug-likeness (QED) is 0.834. The molecule has 2 heterocycles. The van der Waals surface area contributed by atoms with Crippen LogP contribution >= 0.6 is 12.4 Å². The van der Waals surface area contributed by atoms with Crippen molar-refractivity contribution in [2.75, 3.05) is 20.1 Å². The van der Waals surface area contributed by atoms with Gasteiger partial charge >= 0.3 is 0 Å². The summed E-state index contributed by atoms with van der Waals surface area (Å²) in [5.41, 5.74) is 2.95. The number of carbonyl (C=O) groups excluding carboxylic acids is 2. The molecule has 1 aliphatic rings. The van der Waals surface area contributed by atoms with Gasteiger partial charge in [-0.25, -0.2) is 0 Å². The van der Waals surface area contributed by atoms with Crippen LogP contribution in [0.2, 0.25) is 0 Å². The van der Waals surface area contributed by atoms with Gasteiger partial charge in [0.15, 0.2) is 5.78 Å². The van der Waals surface area contributed by atoms with E-state index in [1.54, 1.807) is 6.92 Å². The molecule has 0 bridgehead atoms. The van der Waals surface area contributed by atoms with Crippen LogP contribution < -0.4 is 5.32 Å². The zero-order valence-electron chi connectivity index (χ0n) is 13.8. The van der Waals surface area contributed by atoms with E-state index in [4.69, 9.17) is 0 Å². The molecule has 5 nitrogen and oxygen atoms in total. The molecular formula is C16H26ClN3O2. The van der Waals surface area contributed by atoms with Crippen molar-refractivity contribution >= 4 is 24.1 Å². The van der Waals surface area contributed by atoms with Crippen molar-refractivity contribution in [2.45, 2.75) is 46.1 Å². The van der Waals surface area contributed by atoms with Crippen molar-refractivity contribution in [1.29, 1.82) is 0 Å². The predicted molar refractivity (Wildman–Crippen MR) is 90.1 cm³/mol. The molecule has 2 N–H and O–H groups in total. The first-order valence-corrected chi connectivity index (χ1v) is 7.68. The summed E-state index contributed by atoms with van der Waals surface area (Å²) in [6.07, 6.45) is 2.64. The smallest absolute Gasteiger partial charge is 0.270 e. The van der Waals surface area contributed by atoms with Crippen molar-refractivity contribution in [3.8, 4) is 0 Å². The molecule has 1 amide bonds. The van der Waals surface area contributed by atoms with Crippen LogP contribution in [-0.4, -0.2) is 47.8 Å². The maximum absolute atomic E-state index is 12.7. The minimum absolute atomic E-state index is 0. The van der Waals surface area contributed by atoms with Gasteiger partial charge in [0.1, 0.15) is 5.69 Å². The highest BCUT2D eigenvalue weighted by Crippen LogP contribution is 2.23. The lowest BCUT2D eigenvalue weighted by Gasteiger charge is -2.31. The second-order valence-corrected chi connectivity index (χ2v) is 5.74. The third kappa shape index (κ3) is 3.52. The topological polar surface area (TPSA) is 65.2 Å². The van der Waals surface area contributed by atoms with E-state index in [0.29, 0.717) is 23.7 Å². The molecule has 0 saturated carbocycles. The summed E-state index contributed by atoms with van der Waals surface area (Å²) in [6, 6.07) is 0.498. The van der Waals surface area contributed by atoms with Crippen LogP contribution in [0.25, 0.3) is 0 Å². The standard InChI is InChI=1S/C16H25N3O2.ClH/c1-5-13-14(11(3)20)10(2)18-15(13)16(21)19-8-6-12(17-4)7-9-19;/h12,17-18H,5-9H2,1-4H3;1H. The third-order valence-electron chi connectivity index (χ3n) is 4.40. The van der Waals surface area contributed by atoms with E-state index in [9.17, 15) is 9.59 Å². The van der Waals surface area contributed by atoms with Crippen molar-refractivity contribution in [2.24, 2.45) is 0 Å². The number of aromatic nitrogens is 1. The van der Waals surface area contributed by atoms with Crippen LogP contribution in [0.5, 0.6) is 0 Å². The molecule has 0 radical (unpaired) electrons. The monoisotopic (exact) mass is 327 g/mol. The number of ketones is 1. The maximum Gasteiger partial charge on any atom is 0.270 e. The van der Waals surface area contributed by atoms with E-state index in [1.807, 2.05) is 25.8 Å². The van der Waals surface area contributed by atoms with E-state index >= 15 is 0 Å². The Hall–Kier alpha value is -1.33. The molecule has 2 rings (SSSR count). The molecule has 0 spiro atoms. The molecule has 22 heavy (non-hydrogen) atoms. The maximum atomic E-state index is 12.7. The Morgan fingerprint density at radius 1 is 1.32 bits per heavy atom. The van der Waals surface area contributed by atoms with Gasteiger partial charge in [-0.15, -0.1) is 12.4 Å². The number of nitrogens with zero attached hydrogens (tertiary/aromatic N) is 1. The van der Waals surface area contributed by atoms with Gasteiger partial charge in [-0.2, -0.15) is 0 Å². The number of amides is 1. The SMILES string of the molecule is CCc1c(C(=O)N2CCC(NC)CC2)[nH]c(C)c1C(C)=O.Cl. The number of hydrogen-bond donors (Lipinski definition) is 2. The second-order valence-electron chi connectivity index (χ2n) is 5.74. The van der Waals surface area contributed by atoms with Gasteiger partial charge in [-0.1, -0.05) is 6.92 Å². The van der Waals surface area contributed by atoms with Gasteiger partial charge in [0.2, 0.25) is 0 Å². The van der Waals surface area contributed by atoms with Crippen molar-refractivity contribution in [1.82, 2.24) is 15.2 Å². The number of hydrogen-bond acceptors (Lipinski definition) is 3. The van der Waals surface area contributed by atoms with Gasteiger partial charge < -0.3 is 15.2 Å². The Balaban J connectivity index is 0.00000242. The number of aryl methyl sites for hydroxylation is 1. The van der Waals surface area contributed by atoms with Crippen LogP contribution in [0.3, 0.4) is 0 Å². The summed E-state index contributed by atoms with van der Waals surface area (Å²) in [7, 11) is 1.96. The van der Waals surface area contributed by atoms with Crippen LogP contribution in [0.1, 0.15) is 58.8 Å². The average molecular weight is 328 g/mol. The molecule has 0 aliphatic carbocycles. The first kappa shape index (κ1) is 18.7. The fourth-order valence-electron chi connectivity index (χ4n) is 3.22. The number of H-pyrrole nitrogens is 1. The van der Waals surface area contributed by atoms with Crippen LogP contribution in [0.4, 0.5) is 0 Å². The summed E-state index contributed by atoms with van der Waals surface area (Å²) in [5, 5.41) is 3.26. The third-order valence-corrected chi connectivity index (χ3v) is 4.40. The van der Waals surface area contributed by atoms with E-state index in [2.05, 4.69) is 10.3 Å². The zero-order valence-corrected chi connectivity index (χ0v) is 14.6. The van der Waals surface area contributed by atoms with E-state index in [0.717, 1.165) is 37.2 Å². The van der Waals surface area contributed by atoms with Crippen molar-refractivity contribution in [3.05, 3.63) is 22.5 Å². The molecule has 1 saturated heterocycles. The Kier molecular flexibility index (Phi) is 6.63. The summed E-state index contributed by atoms with van der Waals surface area (Å²) >= 11 is 0. The van der Waals surface area contributed by atoms with Crippen molar-refractivity contribution in [3.63, 3.8) is 0 Å². The molecule has 1 fully saturated rings. The molecule has 124 valence electrons. The van der Waals surface area contributed by atoms with Gasteiger partial charge in [0, 0.05) is 30.4 Å². The van der Waals surface area contributed by atoms with Crippen LogP contribution in [0.15, 0.2) is 0 Å². The number of Topliss-reactive ketones (excluding diaryl/α,β-unsaturated/α-hetero) is 1. The van der Waals surface area contributed by atoms with E-state index in [-0.39, 0.29) is 24.1 Å². The minimum Gasteiger partial charge on any atom is -0.354 e. The van der Waals surface area contributed by atoms with Gasteiger partial charge in [-0.05, 0) is 45.7 Å². The summed E-state index contributed by atoms with van der Waals surface area (Å²) in [4.78, 5) is 29.5. The summed E-state index contributed by atoms with van der Waals surface area (Å²) in [6.45, 7) is 6.93. The lowest BCUT2D eigenvalue weighted by Crippen LogP contribution is -2.44. The molecule has 0 unspecified atom stereocenters. The first-order valence-electron chi connectivity index (χ1n) is 7.68. The van der Waals surface area contributed by atoms with Gasteiger partial charge in [-0.3, -0.25) is 9.59 Å². The highest BCUT2D eigenvalue weighted by atomic mass is 35.5. The van der Waals surface area contributed by atoms with Gasteiger partial charge in [0.05, 0.1) is 0 Å². The Bertz CT molecular complexity index is 546. The number of rotatable bonds is 4. The summed E-state index contributed by atoms with van der Waals surface area (Å²) in [5.74, 6) is 0.0468. The fraction of sp³-hybridized carbons (Fsp3) is 0.625. The highest BCUT2D eigenvalue weighted by Gasteiger charge is 2.27. The Morgan fingerprint density at radius 2 is 1.91 bits per heavy atom. The van der Waals surface area contributed by atoms with Crippen molar-refractivity contribution < 1.29 is 9.59 Å². The number of halogens is 1. The van der Waals surface area contributed by atoms with Crippen LogP contribution in [-0.2, 0) is 6.42 Å².